The molecular weight excluding hydrogens is 190 g/mol. The summed E-state index contributed by atoms with van der Waals surface area (Å²) in [7, 11) is 1.73. The maximum Gasteiger partial charge on any atom is 0.134 e. The van der Waals surface area contributed by atoms with Crippen LogP contribution in [0.4, 0.5) is 0 Å². The van der Waals surface area contributed by atoms with Crippen LogP contribution in [0.1, 0.15) is 5.56 Å². The van der Waals surface area contributed by atoms with Gasteiger partial charge in [0.05, 0.1) is 13.2 Å². The molecule has 1 unspecified atom stereocenters. The van der Waals surface area contributed by atoms with Gasteiger partial charge >= 0.3 is 0 Å². The van der Waals surface area contributed by atoms with Crippen molar-refractivity contribution in [2.45, 2.75) is 12.8 Å². The lowest BCUT2D eigenvalue weighted by molar-refractivity contribution is -0.127. The molecule has 0 N–H and O–H groups in total. The Bertz CT molecular complexity index is 289. The third-order valence-corrected chi connectivity index (χ3v) is 2.69. The molecule has 1 aromatic rings. The summed E-state index contributed by atoms with van der Waals surface area (Å²) in [4.78, 5) is 2.30. The molecule has 0 amide bonds. The molecule has 0 radical (unpaired) electrons. The van der Waals surface area contributed by atoms with Gasteiger partial charge in [-0.2, -0.15) is 0 Å². The molecule has 1 aromatic carbocycles. The van der Waals surface area contributed by atoms with Crippen LogP contribution in [0.3, 0.4) is 0 Å². The van der Waals surface area contributed by atoms with Gasteiger partial charge in [0.15, 0.2) is 0 Å². The van der Waals surface area contributed by atoms with Gasteiger partial charge in [-0.15, -0.1) is 0 Å². The molecule has 2 rings (SSSR count). The highest BCUT2D eigenvalue weighted by Crippen LogP contribution is 2.12. The highest BCUT2D eigenvalue weighted by Gasteiger charge is 2.22. The second kappa shape index (κ2) is 5.26. The van der Waals surface area contributed by atoms with Crippen molar-refractivity contribution in [1.82, 2.24) is 4.90 Å². The standard InChI is InChI=1S/C12H17NO2/c1-14-12-10-15-8-7-13(12)9-11-5-3-2-4-6-11/h2-6,12H,7-10H2,1H3. The van der Waals surface area contributed by atoms with Gasteiger partial charge in [-0.25, -0.2) is 0 Å². The van der Waals surface area contributed by atoms with E-state index >= 15 is 0 Å². The summed E-state index contributed by atoms with van der Waals surface area (Å²) in [5.74, 6) is 0. The zero-order valence-corrected chi connectivity index (χ0v) is 9.06. The van der Waals surface area contributed by atoms with Gasteiger partial charge in [0.2, 0.25) is 0 Å². The Kier molecular flexibility index (Phi) is 3.72. The summed E-state index contributed by atoms with van der Waals surface area (Å²) in [5, 5.41) is 0. The number of hydrogen-bond acceptors (Lipinski definition) is 3. The number of ether oxygens (including phenoxy) is 2. The summed E-state index contributed by atoms with van der Waals surface area (Å²) in [6, 6.07) is 10.5. The number of methoxy groups -OCH3 is 1. The van der Waals surface area contributed by atoms with E-state index in [0.717, 1.165) is 19.7 Å². The van der Waals surface area contributed by atoms with E-state index in [1.54, 1.807) is 7.11 Å². The minimum absolute atomic E-state index is 0.0963. The molecule has 15 heavy (non-hydrogen) atoms. The van der Waals surface area contributed by atoms with E-state index in [2.05, 4.69) is 29.2 Å². The minimum Gasteiger partial charge on any atom is -0.376 e. The van der Waals surface area contributed by atoms with Crippen LogP contribution in [0.25, 0.3) is 0 Å². The van der Waals surface area contributed by atoms with Crippen molar-refractivity contribution in [2.24, 2.45) is 0 Å². The number of rotatable bonds is 3. The molecule has 0 bridgehead atoms. The van der Waals surface area contributed by atoms with Gasteiger partial charge < -0.3 is 9.47 Å². The van der Waals surface area contributed by atoms with Crippen molar-refractivity contribution < 1.29 is 9.47 Å². The summed E-state index contributed by atoms with van der Waals surface area (Å²) in [6.45, 7) is 3.34. The van der Waals surface area contributed by atoms with E-state index in [1.165, 1.54) is 5.56 Å². The smallest absolute Gasteiger partial charge is 0.134 e. The second-order valence-corrected chi connectivity index (χ2v) is 3.72. The van der Waals surface area contributed by atoms with Crippen LogP contribution in [0.15, 0.2) is 30.3 Å². The van der Waals surface area contributed by atoms with Gasteiger partial charge in [0, 0.05) is 20.2 Å². The maximum absolute atomic E-state index is 5.38. The van der Waals surface area contributed by atoms with Crippen molar-refractivity contribution in [3.63, 3.8) is 0 Å². The molecule has 1 saturated heterocycles. The molecule has 1 atom stereocenters. The third kappa shape index (κ3) is 2.78. The summed E-state index contributed by atoms with van der Waals surface area (Å²) in [5.41, 5.74) is 1.32. The van der Waals surface area contributed by atoms with Crippen LogP contribution in [0, 0.1) is 0 Å². The average Bonchev–Trinajstić information content (AvgIpc) is 2.31. The van der Waals surface area contributed by atoms with E-state index in [4.69, 9.17) is 9.47 Å². The van der Waals surface area contributed by atoms with Crippen molar-refractivity contribution in [3.05, 3.63) is 35.9 Å². The monoisotopic (exact) mass is 207 g/mol. The molecular formula is C12H17NO2. The molecule has 1 fully saturated rings. The fourth-order valence-electron chi connectivity index (χ4n) is 1.83. The third-order valence-electron chi connectivity index (χ3n) is 2.69. The highest BCUT2D eigenvalue weighted by atomic mass is 16.5. The fraction of sp³-hybridized carbons (Fsp3) is 0.500. The van der Waals surface area contributed by atoms with Crippen molar-refractivity contribution in [1.29, 1.82) is 0 Å². The SMILES string of the molecule is COC1COCCN1Cc1ccccc1. The summed E-state index contributed by atoms with van der Waals surface area (Å²) in [6.07, 6.45) is 0.0963. The van der Waals surface area contributed by atoms with Crippen LogP contribution >= 0.6 is 0 Å². The molecule has 3 nitrogen and oxygen atoms in total. The topological polar surface area (TPSA) is 21.7 Å². The second-order valence-electron chi connectivity index (χ2n) is 3.72. The molecule has 82 valence electrons. The zero-order valence-electron chi connectivity index (χ0n) is 9.06. The largest absolute Gasteiger partial charge is 0.376 e. The van der Waals surface area contributed by atoms with E-state index in [9.17, 15) is 0 Å². The van der Waals surface area contributed by atoms with E-state index in [-0.39, 0.29) is 6.23 Å². The summed E-state index contributed by atoms with van der Waals surface area (Å²) < 4.78 is 10.8. The first kappa shape index (κ1) is 10.6. The van der Waals surface area contributed by atoms with Gasteiger partial charge in [-0.05, 0) is 5.56 Å². The highest BCUT2D eigenvalue weighted by molar-refractivity contribution is 5.14. The molecule has 0 aliphatic carbocycles. The van der Waals surface area contributed by atoms with Crippen molar-refractivity contribution >= 4 is 0 Å². The predicted octanol–water partition coefficient (Wildman–Crippen LogP) is 1.49. The molecule has 0 aromatic heterocycles. The van der Waals surface area contributed by atoms with E-state index < -0.39 is 0 Å². The van der Waals surface area contributed by atoms with Gasteiger partial charge in [-0.3, -0.25) is 4.90 Å². The Morgan fingerprint density at radius 2 is 2.20 bits per heavy atom. The number of morpholine rings is 1. The van der Waals surface area contributed by atoms with Crippen LogP contribution in [-0.2, 0) is 16.0 Å². The lowest BCUT2D eigenvalue weighted by atomic mass is 10.2. The van der Waals surface area contributed by atoms with Gasteiger partial charge in [0.1, 0.15) is 6.23 Å². The Balaban J connectivity index is 1.97. The number of benzene rings is 1. The van der Waals surface area contributed by atoms with Crippen LogP contribution < -0.4 is 0 Å². The molecule has 3 heteroatoms. The normalized spacial score (nSPS) is 22.9. The Morgan fingerprint density at radius 3 is 2.93 bits per heavy atom. The van der Waals surface area contributed by atoms with Gasteiger partial charge in [0.25, 0.3) is 0 Å². The quantitative estimate of drug-likeness (QED) is 0.749. The number of hydrogen-bond donors (Lipinski definition) is 0. The maximum atomic E-state index is 5.38. The number of nitrogens with zero attached hydrogens (tertiary/aromatic N) is 1. The lowest BCUT2D eigenvalue weighted by Gasteiger charge is -2.34. The van der Waals surface area contributed by atoms with Crippen LogP contribution in [0.2, 0.25) is 0 Å². The Labute approximate surface area is 90.6 Å². The minimum atomic E-state index is 0.0963. The first-order valence-electron chi connectivity index (χ1n) is 5.28. The first-order chi connectivity index (χ1) is 7.40. The lowest BCUT2D eigenvalue weighted by Crippen LogP contribution is -2.45. The molecule has 0 saturated carbocycles. The predicted molar refractivity (Wildman–Crippen MR) is 58.5 cm³/mol. The van der Waals surface area contributed by atoms with E-state index in [1.807, 2.05) is 6.07 Å². The molecule has 1 heterocycles. The fourth-order valence-corrected chi connectivity index (χ4v) is 1.83. The Hall–Kier alpha value is -0.900. The van der Waals surface area contributed by atoms with E-state index in [0.29, 0.717) is 6.61 Å². The van der Waals surface area contributed by atoms with Crippen molar-refractivity contribution in [3.8, 4) is 0 Å². The first-order valence-corrected chi connectivity index (χ1v) is 5.28. The zero-order chi connectivity index (χ0) is 10.5. The van der Waals surface area contributed by atoms with Gasteiger partial charge in [-0.1, -0.05) is 30.3 Å². The Morgan fingerprint density at radius 1 is 1.40 bits per heavy atom. The molecule has 1 aliphatic heterocycles. The average molecular weight is 207 g/mol. The summed E-state index contributed by atoms with van der Waals surface area (Å²) >= 11 is 0. The molecule has 0 spiro atoms. The molecule has 1 aliphatic rings. The van der Waals surface area contributed by atoms with Crippen molar-refractivity contribution in [2.75, 3.05) is 26.9 Å². The van der Waals surface area contributed by atoms with Crippen LogP contribution in [-0.4, -0.2) is 38.0 Å². The van der Waals surface area contributed by atoms with Crippen LogP contribution in [0.5, 0.6) is 0 Å².